The molecule has 184 valence electrons. The number of aromatic amines is 1. The Balaban J connectivity index is 0.00000324. The fraction of sp³-hybridized carbons (Fsp3) is 0.440. The van der Waals surface area contributed by atoms with E-state index in [4.69, 9.17) is 14.2 Å². The highest BCUT2D eigenvalue weighted by Gasteiger charge is 2.21. The number of anilines is 1. The number of hydrogen-bond donors (Lipinski definition) is 1. The molecular formula is C25H33ClN4O4. The topological polar surface area (TPSA) is 79.9 Å². The van der Waals surface area contributed by atoms with E-state index in [-0.39, 0.29) is 18.0 Å². The van der Waals surface area contributed by atoms with Crippen LogP contribution in [0.5, 0.6) is 17.2 Å². The maximum absolute atomic E-state index is 13.0. The van der Waals surface area contributed by atoms with E-state index in [1.807, 2.05) is 11.9 Å². The number of methoxy groups -OCH3 is 3. The zero-order chi connectivity index (χ0) is 23.5. The summed E-state index contributed by atoms with van der Waals surface area (Å²) in [5, 5.41) is 0.330. The van der Waals surface area contributed by atoms with Gasteiger partial charge in [-0.3, -0.25) is 4.79 Å². The van der Waals surface area contributed by atoms with Gasteiger partial charge in [0, 0.05) is 19.7 Å². The summed E-state index contributed by atoms with van der Waals surface area (Å²) in [6, 6.07) is 10.5. The molecule has 1 aliphatic heterocycles. The number of nitrogens with one attached hydrogen (secondary N) is 1. The highest BCUT2D eigenvalue weighted by Crippen LogP contribution is 2.41. The molecular weight excluding hydrogens is 456 g/mol. The van der Waals surface area contributed by atoms with Gasteiger partial charge in [0.2, 0.25) is 11.7 Å². The molecule has 34 heavy (non-hydrogen) atoms. The van der Waals surface area contributed by atoms with E-state index in [0.717, 1.165) is 13.1 Å². The predicted octanol–water partition coefficient (Wildman–Crippen LogP) is 3.82. The zero-order valence-corrected chi connectivity index (χ0v) is 21.2. The first-order valence-corrected chi connectivity index (χ1v) is 11.2. The van der Waals surface area contributed by atoms with E-state index in [0.29, 0.717) is 46.6 Å². The van der Waals surface area contributed by atoms with E-state index < -0.39 is 0 Å². The van der Waals surface area contributed by atoms with Gasteiger partial charge >= 0.3 is 0 Å². The van der Waals surface area contributed by atoms with Crippen molar-refractivity contribution in [3.63, 3.8) is 0 Å². The third-order valence-corrected chi connectivity index (χ3v) is 6.42. The van der Waals surface area contributed by atoms with Gasteiger partial charge in [0.1, 0.15) is 5.39 Å². The molecule has 8 nitrogen and oxygen atoms in total. The number of ether oxygens (including phenoxy) is 3. The summed E-state index contributed by atoms with van der Waals surface area (Å²) in [6.07, 6.45) is 2.37. The van der Waals surface area contributed by atoms with Crippen LogP contribution in [0.4, 0.5) is 5.95 Å². The molecule has 0 bridgehead atoms. The molecule has 4 rings (SSSR count). The first-order chi connectivity index (χ1) is 15.9. The highest BCUT2D eigenvalue weighted by molar-refractivity contribution is 5.90. The van der Waals surface area contributed by atoms with Crippen molar-refractivity contribution in [2.45, 2.75) is 25.3 Å². The van der Waals surface area contributed by atoms with E-state index in [9.17, 15) is 4.79 Å². The lowest BCUT2D eigenvalue weighted by Gasteiger charge is -2.29. The quantitative estimate of drug-likeness (QED) is 0.541. The number of fused-ring (bicyclic) bond motifs is 1. The molecule has 1 aromatic heterocycles. The number of rotatable bonds is 7. The second-order valence-corrected chi connectivity index (χ2v) is 8.61. The maximum atomic E-state index is 13.0. The number of benzene rings is 2. The maximum Gasteiger partial charge on any atom is 0.286 e. The first kappa shape index (κ1) is 25.6. The van der Waals surface area contributed by atoms with Crippen molar-refractivity contribution in [1.82, 2.24) is 14.9 Å². The molecule has 1 saturated heterocycles. The highest BCUT2D eigenvalue weighted by atomic mass is 35.5. The van der Waals surface area contributed by atoms with Crippen LogP contribution in [0.2, 0.25) is 0 Å². The molecule has 0 spiro atoms. The fourth-order valence-electron chi connectivity index (χ4n) is 4.58. The van der Waals surface area contributed by atoms with Crippen LogP contribution < -0.4 is 24.7 Å². The van der Waals surface area contributed by atoms with Crippen molar-refractivity contribution in [3.8, 4) is 17.2 Å². The van der Waals surface area contributed by atoms with Crippen LogP contribution in [0.25, 0.3) is 10.9 Å². The van der Waals surface area contributed by atoms with Crippen molar-refractivity contribution >= 4 is 29.3 Å². The molecule has 2 heterocycles. The van der Waals surface area contributed by atoms with Crippen LogP contribution in [-0.4, -0.2) is 63.4 Å². The Morgan fingerprint density at radius 1 is 1.09 bits per heavy atom. The molecule has 0 aliphatic carbocycles. The predicted molar refractivity (Wildman–Crippen MR) is 137 cm³/mol. The Bertz CT molecular complexity index is 1190. The second kappa shape index (κ2) is 11.0. The fourth-order valence-corrected chi connectivity index (χ4v) is 4.58. The summed E-state index contributed by atoms with van der Waals surface area (Å²) in [5.74, 6) is 2.22. The number of aromatic nitrogens is 2. The zero-order valence-electron chi connectivity index (χ0n) is 20.4. The molecule has 3 aromatic rings. The molecule has 0 saturated carbocycles. The smallest absolute Gasteiger partial charge is 0.286 e. The summed E-state index contributed by atoms with van der Waals surface area (Å²) >= 11 is 0. The largest absolute Gasteiger partial charge is 0.493 e. The number of H-pyrrole nitrogens is 1. The summed E-state index contributed by atoms with van der Waals surface area (Å²) in [7, 11) is 8.65. The molecule has 0 radical (unpaired) electrons. The van der Waals surface area contributed by atoms with Crippen LogP contribution in [0, 0.1) is 0 Å². The van der Waals surface area contributed by atoms with Crippen LogP contribution >= 0.6 is 12.4 Å². The first-order valence-electron chi connectivity index (χ1n) is 11.2. The van der Waals surface area contributed by atoms with Crippen molar-refractivity contribution in [1.29, 1.82) is 0 Å². The molecule has 1 N–H and O–H groups in total. The molecule has 0 atom stereocenters. The second-order valence-electron chi connectivity index (χ2n) is 8.61. The van der Waals surface area contributed by atoms with Crippen molar-refractivity contribution < 1.29 is 14.2 Å². The van der Waals surface area contributed by atoms with Crippen LogP contribution in [0.15, 0.2) is 35.1 Å². The third kappa shape index (κ3) is 5.08. The minimum atomic E-state index is -0.386. The average Bonchev–Trinajstić information content (AvgIpc) is 2.83. The molecule has 1 aliphatic rings. The Hall–Kier alpha value is -2.97. The van der Waals surface area contributed by atoms with Gasteiger partial charge < -0.3 is 29.0 Å². The van der Waals surface area contributed by atoms with Crippen molar-refractivity contribution in [2.24, 2.45) is 0 Å². The van der Waals surface area contributed by atoms with Crippen molar-refractivity contribution in [3.05, 3.63) is 51.8 Å². The summed E-state index contributed by atoms with van der Waals surface area (Å²) in [6.45, 7) is 2.89. The van der Waals surface area contributed by atoms with E-state index >= 15 is 0 Å². The molecule has 0 amide bonds. The number of nitrogens with zero attached hydrogens (tertiary/aromatic N) is 3. The van der Waals surface area contributed by atoms with Crippen LogP contribution in [0.1, 0.15) is 29.9 Å². The monoisotopic (exact) mass is 488 g/mol. The summed E-state index contributed by atoms with van der Waals surface area (Å²) in [4.78, 5) is 24.8. The van der Waals surface area contributed by atoms with Gasteiger partial charge in [0.15, 0.2) is 11.5 Å². The standard InChI is InChI=1S/C25H32N4O4.ClH/c1-28-11-9-17(10-12-28)18-8-6-7-16(13-18)15-29(2)25-26-19-14-20(31-3)22(32-4)23(33-5)21(19)24(30)27-25;/h6-8,13-14,17H,9-12,15H2,1-5H3,(H,26,27,30);1H. The van der Waals surface area contributed by atoms with Gasteiger partial charge in [0.25, 0.3) is 5.56 Å². The summed E-state index contributed by atoms with van der Waals surface area (Å²) < 4.78 is 16.3. The van der Waals surface area contributed by atoms with Crippen molar-refractivity contribution in [2.75, 3.05) is 53.4 Å². The lowest BCUT2D eigenvalue weighted by atomic mass is 9.89. The van der Waals surface area contributed by atoms with Crippen LogP contribution in [-0.2, 0) is 6.54 Å². The summed E-state index contributed by atoms with van der Waals surface area (Å²) in [5.41, 5.74) is 2.76. The Morgan fingerprint density at radius 2 is 1.79 bits per heavy atom. The Labute approximate surface area is 206 Å². The van der Waals surface area contributed by atoms with Crippen LogP contribution in [0.3, 0.4) is 0 Å². The van der Waals surface area contributed by atoms with Gasteiger partial charge in [-0.2, -0.15) is 4.98 Å². The lowest BCUT2D eigenvalue weighted by molar-refractivity contribution is 0.255. The SMILES string of the molecule is COc1cc2[nH]c(N(C)Cc3cccc(C4CCN(C)CC4)c3)nc(=O)c2c(OC)c1OC.Cl. The van der Waals surface area contributed by atoms with Gasteiger partial charge in [0.05, 0.1) is 26.8 Å². The van der Waals surface area contributed by atoms with E-state index in [2.05, 4.69) is 46.2 Å². The van der Waals surface area contributed by atoms with E-state index in [1.54, 1.807) is 13.2 Å². The Morgan fingerprint density at radius 3 is 2.44 bits per heavy atom. The van der Waals surface area contributed by atoms with Gasteiger partial charge in [-0.05, 0) is 50.0 Å². The number of likely N-dealkylation sites (tertiary alicyclic amines) is 1. The number of halogens is 1. The average molecular weight is 489 g/mol. The molecule has 1 fully saturated rings. The molecule has 0 unspecified atom stereocenters. The normalized spacial score (nSPS) is 14.5. The molecule has 2 aromatic carbocycles. The number of piperidine rings is 1. The minimum absolute atomic E-state index is 0. The van der Waals surface area contributed by atoms with Gasteiger partial charge in [-0.15, -0.1) is 12.4 Å². The third-order valence-electron chi connectivity index (χ3n) is 6.42. The van der Waals surface area contributed by atoms with Gasteiger partial charge in [-0.25, -0.2) is 0 Å². The lowest BCUT2D eigenvalue weighted by Crippen LogP contribution is -2.29. The van der Waals surface area contributed by atoms with E-state index in [1.165, 1.54) is 38.2 Å². The molecule has 9 heteroatoms. The minimum Gasteiger partial charge on any atom is -0.493 e. The number of hydrogen-bond acceptors (Lipinski definition) is 7. The van der Waals surface area contributed by atoms with Gasteiger partial charge in [-0.1, -0.05) is 24.3 Å². The Kier molecular flexibility index (Phi) is 8.28.